The first kappa shape index (κ1) is 20.7. The molecule has 3 atom stereocenters. The van der Waals surface area contributed by atoms with Gasteiger partial charge < -0.3 is 20.1 Å². The first-order valence-corrected chi connectivity index (χ1v) is 9.82. The molecule has 1 aliphatic carbocycles. The lowest BCUT2D eigenvalue weighted by molar-refractivity contribution is -0.155. The van der Waals surface area contributed by atoms with Crippen LogP contribution in [0.1, 0.15) is 65.2 Å². The molecule has 0 aromatic heterocycles. The first-order chi connectivity index (χ1) is 12.4. The molecule has 1 heterocycles. The highest BCUT2D eigenvalue weighted by molar-refractivity contribution is 5.90. The summed E-state index contributed by atoms with van der Waals surface area (Å²) in [7, 11) is 0. The number of rotatable bonds is 7. The maximum Gasteiger partial charge on any atom is 0.326 e. The third kappa shape index (κ3) is 5.69. The van der Waals surface area contributed by atoms with E-state index >= 15 is 0 Å². The zero-order valence-corrected chi connectivity index (χ0v) is 15.9. The zero-order valence-electron chi connectivity index (χ0n) is 15.9. The van der Waals surface area contributed by atoms with Crippen LogP contribution in [0.25, 0.3) is 0 Å². The standard InChI is InChI=1S/C19H32N2O5/c1-13(26-12-15-8-4-3-5-9-15)17(20-14(2)22)18(23)21-11-7-6-10-16(21)19(24)25/h13,15-17H,3-12H2,1-2H3,(H,20,22)(H,24,25)/t13-,16+,17+/m1/s1. The van der Waals surface area contributed by atoms with E-state index in [1.807, 2.05) is 0 Å². The highest BCUT2D eigenvalue weighted by Crippen LogP contribution is 2.25. The van der Waals surface area contributed by atoms with Crippen molar-refractivity contribution >= 4 is 17.8 Å². The minimum atomic E-state index is -0.990. The first-order valence-electron chi connectivity index (χ1n) is 9.82. The van der Waals surface area contributed by atoms with Crippen LogP contribution in [0.5, 0.6) is 0 Å². The summed E-state index contributed by atoms with van der Waals surface area (Å²) >= 11 is 0. The van der Waals surface area contributed by atoms with E-state index in [0.717, 1.165) is 25.7 Å². The minimum Gasteiger partial charge on any atom is -0.480 e. The summed E-state index contributed by atoms with van der Waals surface area (Å²) in [6.07, 6.45) is 7.49. The minimum absolute atomic E-state index is 0.319. The Hall–Kier alpha value is -1.63. The molecule has 2 aliphatic rings. The van der Waals surface area contributed by atoms with Crippen molar-refractivity contribution in [1.82, 2.24) is 10.2 Å². The summed E-state index contributed by atoms with van der Waals surface area (Å²) < 4.78 is 5.94. The molecule has 7 nitrogen and oxygen atoms in total. The van der Waals surface area contributed by atoms with Gasteiger partial charge in [0.15, 0.2) is 0 Å². The lowest BCUT2D eigenvalue weighted by Crippen LogP contribution is -2.58. The molecule has 26 heavy (non-hydrogen) atoms. The van der Waals surface area contributed by atoms with Crippen LogP contribution in [0.15, 0.2) is 0 Å². The predicted molar refractivity (Wildman–Crippen MR) is 96.6 cm³/mol. The number of nitrogens with zero attached hydrogens (tertiary/aromatic N) is 1. The van der Waals surface area contributed by atoms with Crippen molar-refractivity contribution in [2.24, 2.45) is 5.92 Å². The van der Waals surface area contributed by atoms with Gasteiger partial charge in [-0.25, -0.2) is 4.79 Å². The molecule has 1 saturated carbocycles. The average molecular weight is 368 g/mol. The number of carbonyl (C=O) groups is 3. The van der Waals surface area contributed by atoms with E-state index < -0.39 is 24.2 Å². The number of carbonyl (C=O) groups excluding carboxylic acids is 2. The quantitative estimate of drug-likeness (QED) is 0.716. The van der Waals surface area contributed by atoms with Crippen molar-refractivity contribution in [2.75, 3.05) is 13.2 Å². The summed E-state index contributed by atoms with van der Waals surface area (Å²) in [4.78, 5) is 37.5. The Labute approximate surface area is 155 Å². The van der Waals surface area contributed by atoms with E-state index in [4.69, 9.17) is 4.74 Å². The molecule has 2 N–H and O–H groups in total. The summed E-state index contributed by atoms with van der Waals surface area (Å²) in [5.74, 6) is -1.17. The van der Waals surface area contributed by atoms with Crippen molar-refractivity contribution in [3.05, 3.63) is 0 Å². The molecule has 0 aromatic rings. The number of carboxylic acids is 1. The highest BCUT2D eigenvalue weighted by atomic mass is 16.5. The van der Waals surface area contributed by atoms with Crippen LogP contribution < -0.4 is 5.32 Å². The van der Waals surface area contributed by atoms with Crippen molar-refractivity contribution < 1.29 is 24.2 Å². The molecular weight excluding hydrogens is 336 g/mol. The molecular formula is C19H32N2O5. The number of nitrogens with one attached hydrogen (secondary N) is 1. The van der Waals surface area contributed by atoms with Gasteiger partial charge in [-0.05, 0) is 44.9 Å². The lowest BCUT2D eigenvalue weighted by Gasteiger charge is -2.37. The van der Waals surface area contributed by atoms with Gasteiger partial charge in [0.25, 0.3) is 0 Å². The van der Waals surface area contributed by atoms with Crippen LogP contribution in [-0.4, -0.2) is 59.1 Å². The van der Waals surface area contributed by atoms with Crippen LogP contribution in [0, 0.1) is 5.92 Å². The fraction of sp³-hybridized carbons (Fsp3) is 0.842. The van der Waals surface area contributed by atoms with Gasteiger partial charge in [-0.2, -0.15) is 0 Å². The molecule has 2 amide bonds. The molecule has 0 spiro atoms. The van der Waals surface area contributed by atoms with Crippen molar-refractivity contribution in [3.8, 4) is 0 Å². The molecule has 148 valence electrons. The number of ether oxygens (including phenoxy) is 1. The summed E-state index contributed by atoms with van der Waals surface area (Å²) in [6, 6.07) is -1.67. The maximum absolute atomic E-state index is 13.0. The van der Waals surface area contributed by atoms with Crippen LogP contribution in [0.4, 0.5) is 0 Å². The third-order valence-corrected chi connectivity index (χ3v) is 5.48. The van der Waals surface area contributed by atoms with Gasteiger partial charge in [0.2, 0.25) is 11.8 Å². The second-order valence-corrected chi connectivity index (χ2v) is 7.60. The number of hydrogen-bond acceptors (Lipinski definition) is 4. The van der Waals surface area contributed by atoms with Gasteiger partial charge in [0.05, 0.1) is 6.10 Å². The molecule has 0 aromatic carbocycles. The Morgan fingerprint density at radius 1 is 1.12 bits per heavy atom. The van der Waals surface area contributed by atoms with E-state index in [2.05, 4.69) is 5.32 Å². The molecule has 7 heteroatoms. The molecule has 1 aliphatic heterocycles. The second-order valence-electron chi connectivity index (χ2n) is 7.60. The molecule has 2 fully saturated rings. The van der Waals surface area contributed by atoms with E-state index in [9.17, 15) is 19.5 Å². The second kappa shape index (κ2) is 9.90. The summed E-state index contributed by atoms with van der Waals surface area (Å²) in [5.41, 5.74) is 0. The Balaban J connectivity index is 2.02. The Bertz CT molecular complexity index is 504. The Kier molecular flexibility index (Phi) is 7.87. The van der Waals surface area contributed by atoms with Crippen molar-refractivity contribution in [3.63, 3.8) is 0 Å². The maximum atomic E-state index is 13.0. The highest BCUT2D eigenvalue weighted by Gasteiger charge is 2.38. The van der Waals surface area contributed by atoms with Crippen LogP contribution in [-0.2, 0) is 19.1 Å². The zero-order chi connectivity index (χ0) is 19.1. The van der Waals surface area contributed by atoms with Crippen molar-refractivity contribution in [1.29, 1.82) is 0 Å². The van der Waals surface area contributed by atoms with E-state index in [1.54, 1.807) is 6.92 Å². The van der Waals surface area contributed by atoms with Gasteiger partial charge in [0, 0.05) is 20.1 Å². The number of piperidine rings is 1. The fourth-order valence-corrected chi connectivity index (χ4v) is 3.97. The average Bonchev–Trinajstić information content (AvgIpc) is 2.64. The molecule has 1 saturated heterocycles. The molecule has 2 rings (SSSR count). The van der Waals surface area contributed by atoms with Gasteiger partial charge in [-0.15, -0.1) is 0 Å². The molecule has 0 unspecified atom stereocenters. The van der Waals surface area contributed by atoms with Crippen LogP contribution >= 0.6 is 0 Å². The topological polar surface area (TPSA) is 95.9 Å². The SMILES string of the molecule is CC(=O)N[C@H](C(=O)N1CCCC[C@H]1C(=O)O)[C@@H](C)OCC1CCCCC1. The third-order valence-electron chi connectivity index (χ3n) is 5.48. The number of aliphatic carboxylic acids is 1. The monoisotopic (exact) mass is 368 g/mol. The number of likely N-dealkylation sites (tertiary alicyclic amines) is 1. The number of amides is 2. The van der Waals surface area contributed by atoms with Gasteiger partial charge in [-0.3, -0.25) is 9.59 Å². The summed E-state index contributed by atoms with van der Waals surface area (Å²) in [6.45, 7) is 4.12. The van der Waals surface area contributed by atoms with E-state index in [0.29, 0.717) is 25.5 Å². The lowest BCUT2D eigenvalue weighted by atomic mass is 9.90. The van der Waals surface area contributed by atoms with Crippen LogP contribution in [0.2, 0.25) is 0 Å². The fourth-order valence-electron chi connectivity index (χ4n) is 3.97. The van der Waals surface area contributed by atoms with Gasteiger partial charge in [-0.1, -0.05) is 19.3 Å². The smallest absolute Gasteiger partial charge is 0.326 e. The largest absolute Gasteiger partial charge is 0.480 e. The summed E-state index contributed by atoms with van der Waals surface area (Å²) in [5, 5.41) is 12.1. The van der Waals surface area contributed by atoms with E-state index in [-0.39, 0.29) is 11.8 Å². The molecule has 0 bridgehead atoms. The van der Waals surface area contributed by atoms with Gasteiger partial charge >= 0.3 is 5.97 Å². The Morgan fingerprint density at radius 2 is 1.77 bits per heavy atom. The Morgan fingerprint density at radius 3 is 2.38 bits per heavy atom. The van der Waals surface area contributed by atoms with Gasteiger partial charge in [0.1, 0.15) is 12.1 Å². The molecule has 0 radical (unpaired) electrons. The predicted octanol–water partition coefficient (Wildman–Crippen LogP) is 1.94. The normalized spacial score (nSPS) is 23.9. The van der Waals surface area contributed by atoms with E-state index in [1.165, 1.54) is 31.1 Å². The number of carboxylic acid groups (broad SMARTS) is 1. The van der Waals surface area contributed by atoms with Crippen molar-refractivity contribution in [2.45, 2.75) is 83.4 Å². The number of hydrogen-bond donors (Lipinski definition) is 2. The van der Waals surface area contributed by atoms with Crippen LogP contribution in [0.3, 0.4) is 0 Å².